The standard InChI is InChI=1S/C16H21BN2O3/c1-10-12(17-21-15(2,3)16(4,5)22-17)9-19-14-13(10)11(8-18)6-7-20-14/h9,11H,6-7H2,1-5H3. The highest BCUT2D eigenvalue weighted by Crippen LogP contribution is 2.38. The van der Waals surface area contributed by atoms with Gasteiger partial charge in [-0.2, -0.15) is 5.26 Å². The summed E-state index contributed by atoms with van der Waals surface area (Å²) >= 11 is 0. The lowest BCUT2D eigenvalue weighted by Gasteiger charge is -2.32. The van der Waals surface area contributed by atoms with Crippen LogP contribution >= 0.6 is 0 Å². The molecule has 1 fully saturated rings. The fourth-order valence-corrected chi connectivity index (χ4v) is 2.89. The highest BCUT2D eigenvalue weighted by Gasteiger charge is 2.52. The van der Waals surface area contributed by atoms with Crippen LogP contribution in [0.25, 0.3) is 0 Å². The maximum absolute atomic E-state index is 9.39. The van der Waals surface area contributed by atoms with Crippen LogP contribution in [0.1, 0.15) is 51.2 Å². The Labute approximate surface area is 131 Å². The van der Waals surface area contributed by atoms with Crippen LogP contribution in [0.15, 0.2) is 6.20 Å². The Bertz CT molecular complexity index is 636. The Morgan fingerprint density at radius 3 is 2.50 bits per heavy atom. The number of hydrogen-bond donors (Lipinski definition) is 0. The number of ether oxygens (including phenoxy) is 1. The summed E-state index contributed by atoms with van der Waals surface area (Å²) < 4.78 is 17.8. The molecule has 0 amide bonds. The van der Waals surface area contributed by atoms with Crippen LogP contribution in [-0.4, -0.2) is 29.9 Å². The van der Waals surface area contributed by atoms with E-state index in [4.69, 9.17) is 14.0 Å². The van der Waals surface area contributed by atoms with Crippen molar-refractivity contribution in [1.29, 1.82) is 5.26 Å². The van der Waals surface area contributed by atoms with E-state index in [1.54, 1.807) is 6.20 Å². The molecule has 1 aromatic heterocycles. The number of nitrogens with zero attached hydrogens (tertiary/aromatic N) is 2. The number of nitriles is 1. The molecule has 5 nitrogen and oxygen atoms in total. The third-order valence-electron chi connectivity index (χ3n) is 5.05. The van der Waals surface area contributed by atoms with Crippen molar-refractivity contribution >= 4 is 12.6 Å². The molecule has 1 unspecified atom stereocenters. The molecule has 1 aromatic rings. The van der Waals surface area contributed by atoms with Crippen molar-refractivity contribution in [3.63, 3.8) is 0 Å². The minimum Gasteiger partial charge on any atom is -0.477 e. The molecule has 0 spiro atoms. The summed E-state index contributed by atoms with van der Waals surface area (Å²) in [5, 5.41) is 9.39. The van der Waals surface area contributed by atoms with Gasteiger partial charge in [0.2, 0.25) is 5.88 Å². The summed E-state index contributed by atoms with van der Waals surface area (Å²) in [6, 6.07) is 2.35. The molecule has 0 aliphatic carbocycles. The van der Waals surface area contributed by atoms with Gasteiger partial charge in [0.15, 0.2) is 0 Å². The zero-order valence-corrected chi connectivity index (χ0v) is 13.8. The number of fused-ring (bicyclic) bond motifs is 1. The molecular formula is C16H21BN2O3. The first-order valence-corrected chi connectivity index (χ1v) is 7.64. The van der Waals surface area contributed by atoms with Crippen molar-refractivity contribution in [2.45, 2.75) is 58.2 Å². The first-order valence-electron chi connectivity index (χ1n) is 7.64. The van der Waals surface area contributed by atoms with Crippen LogP contribution in [0.4, 0.5) is 0 Å². The van der Waals surface area contributed by atoms with E-state index in [1.807, 2.05) is 34.6 Å². The summed E-state index contributed by atoms with van der Waals surface area (Å²) in [6.45, 7) is 10.6. The van der Waals surface area contributed by atoms with Crippen molar-refractivity contribution in [3.8, 4) is 11.9 Å². The molecule has 116 valence electrons. The van der Waals surface area contributed by atoms with Crippen molar-refractivity contribution in [2.75, 3.05) is 6.61 Å². The summed E-state index contributed by atoms with van der Waals surface area (Å²) in [4.78, 5) is 4.39. The normalized spacial score (nSPS) is 25.3. The summed E-state index contributed by atoms with van der Waals surface area (Å²) in [5.41, 5.74) is 1.94. The lowest BCUT2D eigenvalue weighted by Crippen LogP contribution is -2.41. The van der Waals surface area contributed by atoms with E-state index in [0.29, 0.717) is 18.9 Å². The lowest BCUT2D eigenvalue weighted by atomic mass is 9.74. The second-order valence-corrected chi connectivity index (χ2v) is 6.96. The van der Waals surface area contributed by atoms with Crippen molar-refractivity contribution < 1.29 is 14.0 Å². The first-order chi connectivity index (χ1) is 10.3. The highest BCUT2D eigenvalue weighted by atomic mass is 16.7. The van der Waals surface area contributed by atoms with Crippen LogP contribution in [0.5, 0.6) is 5.88 Å². The Hall–Kier alpha value is -1.58. The fourth-order valence-electron chi connectivity index (χ4n) is 2.89. The van der Waals surface area contributed by atoms with Gasteiger partial charge in [0.05, 0.1) is 29.8 Å². The predicted octanol–water partition coefficient (Wildman–Crippen LogP) is 2.08. The van der Waals surface area contributed by atoms with Crippen molar-refractivity contribution in [1.82, 2.24) is 4.98 Å². The molecule has 0 bridgehead atoms. The SMILES string of the molecule is Cc1c(B2OC(C)(C)C(C)(C)O2)cnc2c1C(C#N)CCO2. The Kier molecular flexibility index (Phi) is 3.46. The zero-order chi connectivity index (χ0) is 16.1. The molecule has 0 radical (unpaired) electrons. The van der Waals surface area contributed by atoms with Crippen molar-refractivity contribution in [3.05, 3.63) is 17.3 Å². The van der Waals surface area contributed by atoms with Crippen molar-refractivity contribution in [2.24, 2.45) is 0 Å². The van der Waals surface area contributed by atoms with Gasteiger partial charge < -0.3 is 14.0 Å². The lowest BCUT2D eigenvalue weighted by molar-refractivity contribution is 0.00578. The van der Waals surface area contributed by atoms with Gasteiger partial charge in [0.25, 0.3) is 0 Å². The summed E-state index contributed by atoms with van der Waals surface area (Å²) in [6.07, 6.45) is 2.44. The molecule has 0 aromatic carbocycles. The van der Waals surface area contributed by atoms with E-state index >= 15 is 0 Å². The maximum atomic E-state index is 9.39. The molecule has 0 N–H and O–H groups in total. The van der Waals surface area contributed by atoms with Crippen LogP contribution in [0.3, 0.4) is 0 Å². The molecule has 0 saturated carbocycles. The maximum Gasteiger partial charge on any atom is 0.496 e. The molecule has 2 aliphatic rings. The number of hydrogen-bond acceptors (Lipinski definition) is 5. The van der Waals surface area contributed by atoms with Crippen LogP contribution in [0.2, 0.25) is 0 Å². The monoisotopic (exact) mass is 300 g/mol. The van der Waals surface area contributed by atoms with Crippen LogP contribution in [-0.2, 0) is 9.31 Å². The molecule has 3 heterocycles. The Morgan fingerprint density at radius 1 is 1.27 bits per heavy atom. The number of rotatable bonds is 1. The minimum absolute atomic E-state index is 0.182. The number of pyridine rings is 1. The largest absolute Gasteiger partial charge is 0.496 e. The first kappa shape index (κ1) is 15.3. The van der Waals surface area contributed by atoms with E-state index in [2.05, 4.69) is 11.1 Å². The molecular weight excluding hydrogens is 279 g/mol. The van der Waals surface area contributed by atoms with Gasteiger partial charge >= 0.3 is 7.12 Å². The average molecular weight is 300 g/mol. The van der Waals surface area contributed by atoms with Gasteiger partial charge in [0.1, 0.15) is 0 Å². The molecule has 2 aliphatic heterocycles. The molecule has 22 heavy (non-hydrogen) atoms. The van der Waals surface area contributed by atoms with Gasteiger partial charge in [-0.3, -0.25) is 0 Å². The van der Waals surface area contributed by atoms with Gasteiger partial charge in [-0.25, -0.2) is 4.98 Å². The zero-order valence-electron chi connectivity index (χ0n) is 13.8. The average Bonchev–Trinajstić information content (AvgIpc) is 2.67. The van der Waals surface area contributed by atoms with Crippen LogP contribution in [0, 0.1) is 18.3 Å². The second-order valence-electron chi connectivity index (χ2n) is 6.96. The van der Waals surface area contributed by atoms with Gasteiger partial charge in [-0.15, -0.1) is 0 Å². The summed E-state index contributed by atoms with van der Waals surface area (Å²) in [7, 11) is -0.468. The minimum atomic E-state index is -0.468. The second kappa shape index (κ2) is 4.97. The Morgan fingerprint density at radius 2 is 1.91 bits per heavy atom. The smallest absolute Gasteiger partial charge is 0.477 e. The third-order valence-corrected chi connectivity index (χ3v) is 5.05. The van der Waals surface area contributed by atoms with E-state index < -0.39 is 18.3 Å². The Balaban J connectivity index is 2.03. The van der Waals surface area contributed by atoms with E-state index in [-0.39, 0.29) is 5.92 Å². The van der Waals surface area contributed by atoms with E-state index in [9.17, 15) is 5.26 Å². The number of aromatic nitrogens is 1. The molecule has 1 atom stereocenters. The van der Waals surface area contributed by atoms with Gasteiger partial charge in [0, 0.05) is 23.6 Å². The van der Waals surface area contributed by atoms with Gasteiger partial charge in [-0.1, -0.05) is 0 Å². The molecule has 1 saturated heterocycles. The van der Waals surface area contributed by atoms with E-state index in [1.165, 1.54) is 0 Å². The quantitative estimate of drug-likeness (QED) is 0.743. The molecule has 3 rings (SSSR count). The molecule has 6 heteroatoms. The van der Waals surface area contributed by atoms with Crippen LogP contribution < -0.4 is 10.2 Å². The van der Waals surface area contributed by atoms with Gasteiger partial charge in [-0.05, 0) is 40.2 Å². The highest BCUT2D eigenvalue weighted by molar-refractivity contribution is 6.62. The fraction of sp³-hybridized carbons (Fsp3) is 0.625. The topological polar surface area (TPSA) is 64.4 Å². The van der Waals surface area contributed by atoms with E-state index in [0.717, 1.165) is 16.6 Å². The predicted molar refractivity (Wildman–Crippen MR) is 83.2 cm³/mol. The summed E-state index contributed by atoms with van der Waals surface area (Å²) in [5.74, 6) is 0.384. The third kappa shape index (κ3) is 2.20.